The summed E-state index contributed by atoms with van der Waals surface area (Å²) < 4.78 is 67.2. The van der Waals surface area contributed by atoms with Crippen LogP contribution in [-0.4, -0.2) is 35.1 Å². The van der Waals surface area contributed by atoms with Crippen molar-refractivity contribution < 1.29 is 26.7 Å². The molecule has 0 saturated carbocycles. The van der Waals surface area contributed by atoms with Gasteiger partial charge in [-0.05, 0) is 12.1 Å². The summed E-state index contributed by atoms with van der Waals surface area (Å²) in [5.74, 6) is -0.870. The molecule has 0 bridgehead atoms. The number of hydrogen-bond acceptors (Lipinski definition) is 3. The Labute approximate surface area is 114 Å². The van der Waals surface area contributed by atoms with Crippen molar-refractivity contribution in [2.75, 3.05) is 0 Å². The highest BCUT2D eigenvalue weighted by Crippen LogP contribution is 2.20. The Kier molecular flexibility index (Phi) is 4.39. The number of halogens is 5. The Morgan fingerprint density at radius 2 is 1.71 bits per heavy atom. The van der Waals surface area contributed by atoms with E-state index in [-0.39, 0.29) is 5.52 Å². The minimum Gasteiger partial charge on any atom is -0.436 e. The molecule has 0 saturated heterocycles. The number of benzene rings is 1. The number of nitrogens with one attached hydrogen (secondary N) is 1. The van der Waals surface area contributed by atoms with Crippen LogP contribution >= 0.6 is 0 Å². The van der Waals surface area contributed by atoms with E-state index >= 15 is 0 Å². The SMILES string of the molecule is O=c1[nH]c2ccccc2nc1OC(F)C(F)C(F)C(F)F. The number of fused-ring (bicyclic) bond motifs is 1. The molecule has 9 heteroatoms. The molecule has 0 aliphatic carbocycles. The molecule has 0 aliphatic heterocycles. The molecule has 4 nitrogen and oxygen atoms in total. The van der Waals surface area contributed by atoms with Gasteiger partial charge in [-0.3, -0.25) is 4.79 Å². The first kappa shape index (κ1) is 15.2. The molecule has 0 amide bonds. The molecule has 0 aliphatic rings. The zero-order chi connectivity index (χ0) is 15.6. The summed E-state index contributed by atoms with van der Waals surface area (Å²) in [6.45, 7) is 0. The van der Waals surface area contributed by atoms with Crippen molar-refractivity contribution in [2.45, 2.75) is 25.1 Å². The van der Waals surface area contributed by atoms with Crippen LogP contribution in [0.1, 0.15) is 0 Å². The van der Waals surface area contributed by atoms with Gasteiger partial charge in [0.05, 0.1) is 11.0 Å². The van der Waals surface area contributed by atoms with Crippen LogP contribution < -0.4 is 10.3 Å². The van der Waals surface area contributed by atoms with Crippen molar-refractivity contribution >= 4 is 11.0 Å². The molecule has 0 spiro atoms. The van der Waals surface area contributed by atoms with Gasteiger partial charge in [-0.1, -0.05) is 12.1 Å². The third kappa shape index (κ3) is 3.29. The highest BCUT2D eigenvalue weighted by atomic mass is 19.3. The van der Waals surface area contributed by atoms with Crippen molar-refractivity contribution in [3.63, 3.8) is 0 Å². The highest BCUT2D eigenvalue weighted by Gasteiger charge is 2.38. The third-order valence-corrected chi connectivity index (χ3v) is 2.59. The van der Waals surface area contributed by atoms with Crippen LogP contribution in [0, 0.1) is 0 Å². The maximum absolute atomic E-state index is 13.3. The Morgan fingerprint density at radius 1 is 1.05 bits per heavy atom. The van der Waals surface area contributed by atoms with E-state index in [9.17, 15) is 26.7 Å². The number of rotatable bonds is 5. The molecular weight excluding hydrogens is 299 g/mol. The molecule has 114 valence electrons. The van der Waals surface area contributed by atoms with Crippen LogP contribution in [0.15, 0.2) is 29.1 Å². The largest absolute Gasteiger partial charge is 0.436 e. The molecule has 1 N–H and O–H groups in total. The molecule has 2 rings (SSSR count). The van der Waals surface area contributed by atoms with Gasteiger partial charge in [0.15, 0.2) is 6.17 Å². The summed E-state index contributed by atoms with van der Waals surface area (Å²) in [6.07, 6.45) is -13.4. The van der Waals surface area contributed by atoms with Crippen molar-refractivity contribution in [3.05, 3.63) is 34.6 Å². The lowest BCUT2D eigenvalue weighted by Gasteiger charge is -2.17. The molecule has 1 heterocycles. The number of para-hydroxylation sites is 2. The van der Waals surface area contributed by atoms with E-state index in [1.165, 1.54) is 12.1 Å². The lowest BCUT2D eigenvalue weighted by Crippen LogP contribution is -2.37. The van der Waals surface area contributed by atoms with Crippen LogP contribution in [0.3, 0.4) is 0 Å². The Bertz CT molecular complexity index is 678. The van der Waals surface area contributed by atoms with E-state index < -0.39 is 36.6 Å². The van der Waals surface area contributed by atoms with Gasteiger partial charge in [-0.25, -0.2) is 22.5 Å². The fraction of sp³-hybridized carbons (Fsp3) is 0.333. The van der Waals surface area contributed by atoms with E-state index in [0.29, 0.717) is 5.52 Å². The van der Waals surface area contributed by atoms with E-state index in [4.69, 9.17) is 0 Å². The second kappa shape index (κ2) is 6.06. The van der Waals surface area contributed by atoms with Gasteiger partial charge in [0.25, 0.3) is 18.7 Å². The van der Waals surface area contributed by atoms with E-state index in [0.717, 1.165) is 0 Å². The second-order valence-corrected chi connectivity index (χ2v) is 4.08. The third-order valence-electron chi connectivity index (χ3n) is 2.59. The first-order chi connectivity index (χ1) is 9.90. The molecule has 3 atom stereocenters. The summed E-state index contributed by atoms with van der Waals surface area (Å²) in [7, 11) is 0. The lowest BCUT2D eigenvalue weighted by atomic mass is 10.2. The average molecular weight is 308 g/mol. The van der Waals surface area contributed by atoms with Crippen LogP contribution in [-0.2, 0) is 0 Å². The number of aromatic nitrogens is 2. The fourth-order valence-electron chi connectivity index (χ4n) is 1.55. The minimum absolute atomic E-state index is 0.209. The molecule has 3 unspecified atom stereocenters. The van der Waals surface area contributed by atoms with Gasteiger partial charge in [-0.15, -0.1) is 0 Å². The van der Waals surface area contributed by atoms with Gasteiger partial charge in [-0.2, -0.15) is 4.39 Å². The smallest absolute Gasteiger partial charge is 0.311 e. The van der Waals surface area contributed by atoms with Gasteiger partial charge in [0.1, 0.15) is 0 Å². The van der Waals surface area contributed by atoms with Crippen molar-refractivity contribution in [3.8, 4) is 5.88 Å². The normalized spacial score (nSPS) is 15.9. The van der Waals surface area contributed by atoms with Gasteiger partial charge in [0.2, 0.25) is 6.17 Å². The summed E-state index contributed by atoms with van der Waals surface area (Å²) >= 11 is 0. The van der Waals surface area contributed by atoms with E-state index in [2.05, 4.69) is 14.7 Å². The Hall–Kier alpha value is -2.19. The van der Waals surface area contributed by atoms with Crippen molar-refractivity contribution in [1.29, 1.82) is 0 Å². The Morgan fingerprint density at radius 3 is 2.38 bits per heavy atom. The van der Waals surface area contributed by atoms with E-state index in [1.807, 2.05) is 0 Å². The monoisotopic (exact) mass is 308 g/mol. The quantitative estimate of drug-likeness (QED) is 0.864. The predicted octanol–water partition coefficient (Wildman–Crippen LogP) is 2.54. The Balaban J connectivity index is 2.23. The van der Waals surface area contributed by atoms with Gasteiger partial charge < -0.3 is 9.72 Å². The summed E-state index contributed by atoms with van der Waals surface area (Å²) in [6, 6.07) is 6.13. The number of aromatic amines is 1. The maximum atomic E-state index is 13.3. The van der Waals surface area contributed by atoms with Gasteiger partial charge in [0, 0.05) is 0 Å². The number of nitrogens with zero attached hydrogens (tertiary/aromatic N) is 1. The van der Waals surface area contributed by atoms with Crippen LogP contribution in [0.2, 0.25) is 0 Å². The summed E-state index contributed by atoms with van der Waals surface area (Å²) in [4.78, 5) is 17.4. The van der Waals surface area contributed by atoms with Crippen molar-refractivity contribution in [2.24, 2.45) is 0 Å². The van der Waals surface area contributed by atoms with Crippen molar-refractivity contribution in [1.82, 2.24) is 9.97 Å². The van der Waals surface area contributed by atoms with Gasteiger partial charge >= 0.3 is 5.56 Å². The van der Waals surface area contributed by atoms with Crippen LogP contribution in [0.25, 0.3) is 11.0 Å². The first-order valence-electron chi connectivity index (χ1n) is 5.76. The average Bonchev–Trinajstić information content (AvgIpc) is 2.46. The first-order valence-corrected chi connectivity index (χ1v) is 5.76. The fourth-order valence-corrected chi connectivity index (χ4v) is 1.55. The predicted molar refractivity (Wildman–Crippen MR) is 63.7 cm³/mol. The molecule has 2 aromatic rings. The second-order valence-electron chi connectivity index (χ2n) is 4.08. The molecule has 0 radical (unpaired) electrons. The lowest BCUT2D eigenvalue weighted by molar-refractivity contribution is -0.0822. The number of ether oxygens (including phenoxy) is 1. The minimum atomic E-state index is -3.70. The summed E-state index contributed by atoms with van der Waals surface area (Å²) in [5.41, 5.74) is -0.464. The van der Waals surface area contributed by atoms with E-state index in [1.54, 1.807) is 12.1 Å². The molecule has 0 fully saturated rings. The summed E-state index contributed by atoms with van der Waals surface area (Å²) in [5, 5.41) is 0. The maximum Gasteiger partial charge on any atom is 0.311 e. The zero-order valence-corrected chi connectivity index (χ0v) is 10.3. The number of alkyl halides is 5. The molecule has 1 aromatic carbocycles. The highest BCUT2D eigenvalue weighted by molar-refractivity contribution is 5.73. The number of hydrogen-bond donors (Lipinski definition) is 1. The topological polar surface area (TPSA) is 55.0 Å². The zero-order valence-electron chi connectivity index (χ0n) is 10.3. The van der Waals surface area contributed by atoms with Crippen LogP contribution in [0.5, 0.6) is 5.88 Å². The standard InChI is InChI=1S/C12H9F5N2O2/c13-7(9(15)16)8(14)10(17)21-12-11(20)18-5-3-1-2-4-6(5)19-12/h1-4,7-10H,(H,18,20). The molecular formula is C12H9F5N2O2. The molecule has 1 aromatic heterocycles. The molecule has 21 heavy (non-hydrogen) atoms. The van der Waals surface area contributed by atoms with Crippen LogP contribution in [0.4, 0.5) is 22.0 Å². The number of H-pyrrole nitrogens is 1.